The summed E-state index contributed by atoms with van der Waals surface area (Å²) in [5.41, 5.74) is 3.72. The van der Waals surface area contributed by atoms with Crippen molar-refractivity contribution in [3.63, 3.8) is 0 Å². The number of rotatable bonds is 8. The van der Waals surface area contributed by atoms with Gasteiger partial charge >= 0.3 is 11.8 Å². The maximum Gasteiger partial charge on any atom is 0.314 e. The molecule has 10 nitrogen and oxygen atoms in total. The molecule has 0 saturated heterocycles. The molecule has 4 amide bonds. The normalized spacial score (nSPS) is 17.6. The van der Waals surface area contributed by atoms with Crippen molar-refractivity contribution in [1.29, 1.82) is 0 Å². The predicted octanol–water partition coefficient (Wildman–Crippen LogP) is 4.00. The number of hydrogen-bond acceptors (Lipinski definition) is 6. The number of halogens is 2. The Balaban J connectivity index is 0.00000529. The van der Waals surface area contributed by atoms with Crippen molar-refractivity contribution in [1.82, 2.24) is 25.4 Å². The first-order valence-corrected chi connectivity index (χ1v) is 14.5. The minimum absolute atomic E-state index is 0. The number of anilines is 1. The van der Waals surface area contributed by atoms with E-state index in [1.54, 1.807) is 32.3 Å². The van der Waals surface area contributed by atoms with Crippen molar-refractivity contribution in [2.75, 3.05) is 33.5 Å². The van der Waals surface area contributed by atoms with E-state index in [1.807, 2.05) is 38.4 Å². The molecule has 4 rings (SSSR count). The van der Waals surface area contributed by atoms with E-state index >= 15 is 0 Å². The molecule has 1 aliphatic rings. The number of pyridine rings is 1. The summed E-state index contributed by atoms with van der Waals surface area (Å²) in [6.07, 6.45) is 2.60. The predicted molar refractivity (Wildman–Crippen MR) is 174 cm³/mol. The van der Waals surface area contributed by atoms with Gasteiger partial charge in [0.1, 0.15) is 5.82 Å². The summed E-state index contributed by atoms with van der Waals surface area (Å²) in [5.74, 6) is -2.27. The number of nitrogens with zero attached hydrogens (tertiary/aromatic N) is 3. The van der Waals surface area contributed by atoms with E-state index in [-0.39, 0.29) is 36.0 Å². The zero-order chi connectivity index (χ0) is 31.1. The first kappa shape index (κ1) is 34.5. The average molecular weight is 642 g/mol. The third kappa shape index (κ3) is 9.01. The van der Waals surface area contributed by atoms with E-state index in [1.165, 1.54) is 22.7 Å². The second-order valence-electron chi connectivity index (χ2n) is 11.2. The van der Waals surface area contributed by atoms with Crippen LogP contribution in [0.15, 0.2) is 66.9 Å². The molecule has 1 fully saturated rings. The lowest BCUT2D eigenvalue weighted by atomic mass is 9.81. The lowest BCUT2D eigenvalue weighted by Gasteiger charge is -2.37. The van der Waals surface area contributed by atoms with Gasteiger partial charge in [-0.1, -0.05) is 48.0 Å². The van der Waals surface area contributed by atoms with Crippen LogP contribution < -0.4 is 16.0 Å². The van der Waals surface area contributed by atoms with Gasteiger partial charge < -0.3 is 25.8 Å². The molecule has 3 atom stereocenters. The summed E-state index contributed by atoms with van der Waals surface area (Å²) in [4.78, 5) is 59.2. The van der Waals surface area contributed by atoms with Gasteiger partial charge in [0.05, 0.1) is 11.1 Å². The van der Waals surface area contributed by atoms with Gasteiger partial charge in [0.25, 0.3) is 5.91 Å². The van der Waals surface area contributed by atoms with Gasteiger partial charge in [-0.3, -0.25) is 19.2 Å². The van der Waals surface area contributed by atoms with Crippen LogP contribution in [0.1, 0.15) is 35.2 Å². The standard InChI is InChI=1S/C32H37ClN6O4.ClH/c1-38(2)19-23-7-5-6-8-25(23)20-9-11-21(12-10-20)29(40)36-27-17-22(32(43)39(3)4)13-15-26(27)35-30(41)31(42)37-28-16-14-24(33)18-34-28;/h5-12,14,16,18,22,26-27H,13,15,17,19H2,1-4H3,(H,35,41)(H,36,40)(H,34,37,42);1H/t22-,26-,27+;/m0./s1. The molecular formula is C32H38Cl2N6O4. The maximum absolute atomic E-state index is 13.4. The highest BCUT2D eigenvalue weighted by Crippen LogP contribution is 2.28. The molecule has 1 aromatic heterocycles. The van der Waals surface area contributed by atoms with Crippen LogP contribution in [0.4, 0.5) is 5.82 Å². The highest BCUT2D eigenvalue weighted by atomic mass is 35.5. The van der Waals surface area contributed by atoms with Crippen LogP contribution >= 0.6 is 24.0 Å². The summed E-state index contributed by atoms with van der Waals surface area (Å²) >= 11 is 5.84. The molecule has 0 spiro atoms. The molecule has 2 aromatic carbocycles. The number of carbonyl (C=O) groups excluding carboxylic acids is 4. The number of hydrogen-bond donors (Lipinski definition) is 3. The van der Waals surface area contributed by atoms with E-state index in [4.69, 9.17) is 11.6 Å². The fraction of sp³-hybridized carbons (Fsp3) is 0.344. The second kappa shape index (κ2) is 15.7. The van der Waals surface area contributed by atoms with Gasteiger partial charge in [0.2, 0.25) is 5.91 Å². The summed E-state index contributed by atoms with van der Waals surface area (Å²) in [5, 5.41) is 8.61. The van der Waals surface area contributed by atoms with Crippen LogP contribution in [-0.2, 0) is 20.9 Å². The Bertz CT molecular complexity index is 1460. The zero-order valence-corrected chi connectivity index (χ0v) is 26.7. The molecule has 0 aliphatic heterocycles. The lowest BCUT2D eigenvalue weighted by Crippen LogP contribution is -2.57. The fourth-order valence-electron chi connectivity index (χ4n) is 5.28. The number of amides is 4. The van der Waals surface area contributed by atoms with Crippen LogP contribution in [0.2, 0.25) is 5.02 Å². The van der Waals surface area contributed by atoms with Gasteiger partial charge in [0.15, 0.2) is 0 Å². The van der Waals surface area contributed by atoms with E-state index in [0.717, 1.165) is 17.7 Å². The van der Waals surface area contributed by atoms with Gasteiger partial charge in [0, 0.05) is 44.4 Å². The first-order valence-electron chi connectivity index (χ1n) is 14.1. The number of aromatic nitrogens is 1. The monoisotopic (exact) mass is 640 g/mol. The number of benzene rings is 2. The van der Waals surface area contributed by atoms with Crippen LogP contribution in [-0.4, -0.2) is 78.7 Å². The van der Waals surface area contributed by atoms with Crippen LogP contribution in [0.5, 0.6) is 0 Å². The average Bonchev–Trinajstić information content (AvgIpc) is 2.98. The van der Waals surface area contributed by atoms with Crippen LogP contribution in [0.25, 0.3) is 11.1 Å². The Morgan fingerprint density at radius 3 is 2.20 bits per heavy atom. The smallest absolute Gasteiger partial charge is 0.314 e. The molecule has 44 heavy (non-hydrogen) atoms. The Morgan fingerprint density at radius 1 is 0.864 bits per heavy atom. The van der Waals surface area contributed by atoms with Crippen molar-refractivity contribution < 1.29 is 19.2 Å². The highest BCUT2D eigenvalue weighted by Gasteiger charge is 2.37. The fourth-order valence-corrected chi connectivity index (χ4v) is 5.39. The molecule has 234 valence electrons. The molecule has 3 N–H and O–H groups in total. The molecular weight excluding hydrogens is 603 g/mol. The lowest BCUT2D eigenvalue weighted by molar-refractivity contribution is -0.137. The summed E-state index contributed by atoms with van der Waals surface area (Å²) in [6, 6.07) is 17.4. The van der Waals surface area contributed by atoms with E-state index in [9.17, 15) is 19.2 Å². The van der Waals surface area contributed by atoms with E-state index < -0.39 is 23.9 Å². The van der Waals surface area contributed by atoms with Crippen LogP contribution in [0, 0.1) is 5.92 Å². The SMILES string of the molecule is CN(C)Cc1ccccc1-c1ccc(C(=O)N[C@@H]2C[C@@H](C(=O)N(C)C)CC[C@@H]2NC(=O)C(=O)Nc2ccc(Cl)cn2)cc1.Cl. The molecule has 0 unspecified atom stereocenters. The van der Waals surface area contributed by atoms with Crippen molar-refractivity contribution in [2.24, 2.45) is 5.92 Å². The number of carbonyl (C=O) groups is 4. The topological polar surface area (TPSA) is 124 Å². The minimum atomic E-state index is -0.892. The quantitative estimate of drug-likeness (QED) is 0.320. The van der Waals surface area contributed by atoms with Crippen LogP contribution in [0.3, 0.4) is 0 Å². The van der Waals surface area contributed by atoms with Crippen molar-refractivity contribution in [2.45, 2.75) is 37.9 Å². The van der Waals surface area contributed by atoms with Gasteiger partial charge in [-0.15, -0.1) is 12.4 Å². The molecule has 1 heterocycles. The summed E-state index contributed by atoms with van der Waals surface area (Å²) in [7, 11) is 7.42. The van der Waals surface area contributed by atoms with Gasteiger partial charge in [-0.05, 0) is 74.3 Å². The molecule has 1 saturated carbocycles. The van der Waals surface area contributed by atoms with Crippen molar-refractivity contribution in [3.8, 4) is 11.1 Å². The molecule has 0 radical (unpaired) electrons. The van der Waals surface area contributed by atoms with Gasteiger partial charge in [-0.2, -0.15) is 0 Å². The zero-order valence-electron chi connectivity index (χ0n) is 25.2. The Kier molecular flexibility index (Phi) is 12.3. The first-order chi connectivity index (χ1) is 20.5. The third-order valence-electron chi connectivity index (χ3n) is 7.41. The highest BCUT2D eigenvalue weighted by molar-refractivity contribution is 6.39. The molecule has 1 aliphatic carbocycles. The minimum Gasteiger partial charge on any atom is -0.349 e. The largest absolute Gasteiger partial charge is 0.349 e. The van der Waals surface area contributed by atoms with Gasteiger partial charge in [-0.25, -0.2) is 4.98 Å². The maximum atomic E-state index is 13.4. The van der Waals surface area contributed by atoms with Crippen molar-refractivity contribution >= 4 is 53.5 Å². The Morgan fingerprint density at radius 2 is 1.57 bits per heavy atom. The second-order valence-corrected chi connectivity index (χ2v) is 11.6. The third-order valence-corrected chi connectivity index (χ3v) is 7.63. The van der Waals surface area contributed by atoms with Crippen molar-refractivity contribution in [3.05, 3.63) is 83.0 Å². The molecule has 0 bridgehead atoms. The van der Waals surface area contributed by atoms with E-state index in [0.29, 0.717) is 29.8 Å². The summed E-state index contributed by atoms with van der Waals surface area (Å²) < 4.78 is 0. The Hall–Kier alpha value is -3.99. The molecule has 3 aromatic rings. The number of nitrogens with one attached hydrogen (secondary N) is 3. The Labute approximate surface area is 269 Å². The summed E-state index contributed by atoms with van der Waals surface area (Å²) in [6.45, 7) is 0.786. The molecule has 12 heteroatoms. The van der Waals surface area contributed by atoms with E-state index in [2.05, 4.69) is 38.0 Å².